The van der Waals surface area contributed by atoms with Gasteiger partial charge in [0.25, 0.3) is 0 Å². The van der Waals surface area contributed by atoms with Crippen LogP contribution in [0.4, 0.5) is 0 Å². The maximum absolute atomic E-state index is 12.4. The Labute approximate surface area is 129 Å². The average Bonchev–Trinajstić information content (AvgIpc) is 2.95. The predicted molar refractivity (Wildman–Crippen MR) is 87.1 cm³/mol. The largest absolute Gasteiger partial charge is 0.310 e. The SMILES string of the molecule is Cc1sc(CNC(C)C)cc1S(=O)(=O)NC1CCSC1. The molecule has 1 unspecified atom stereocenters. The first-order valence-corrected chi connectivity index (χ1v) is 10.3. The second-order valence-corrected chi connectivity index (χ2v) is 9.52. The molecule has 1 aromatic rings. The molecule has 1 aromatic heterocycles. The zero-order chi connectivity index (χ0) is 14.8. The van der Waals surface area contributed by atoms with Crippen LogP contribution in [0.2, 0.25) is 0 Å². The lowest BCUT2D eigenvalue weighted by atomic mass is 10.3. The van der Waals surface area contributed by atoms with Gasteiger partial charge in [0.1, 0.15) is 0 Å². The Balaban J connectivity index is 2.10. The summed E-state index contributed by atoms with van der Waals surface area (Å²) in [6.07, 6.45) is 0.925. The molecular weight excluding hydrogens is 312 g/mol. The topological polar surface area (TPSA) is 58.2 Å². The fourth-order valence-corrected chi connectivity index (χ4v) is 6.21. The molecule has 0 bridgehead atoms. The smallest absolute Gasteiger partial charge is 0.241 e. The lowest BCUT2D eigenvalue weighted by Crippen LogP contribution is -2.34. The number of rotatable bonds is 6. The first-order valence-electron chi connectivity index (χ1n) is 6.81. The van der Waals surface area contributed by atoms with Crippen LogP contribution in [0.3, 0.4) is 0 Å². The molecule has 0 radical (unpaired) electrons. The van der Waals surface area contributed by atoms with Gasteiger partial charge < -0.3 is 5.32 Å². The summed E-state index contributed by atoms with van der Waals surface area (Å²) in [6.45, 7) is 6.76. The molecule has 1 saturated heterocycles. The van der Waals surface area contributed by atoms with Crippen molar-refractivity contribution in [2.45, 2.75) is 50.7 Å². The van der Waals surface area contributed by atoms with E-state index in [0.29, 0.717) is 10.9 Å². The third-order valence-corrected chi connectivity index (χ3v) is 7.14. The second-order valence-electron chi connectivity index (χ2n) is 5.35. The zero-order valence-electron chi connectivity index (χ0n) is 12.1. The highest BCUT2D eigenvalue weighted by Crippen LogP contribution is 2.27. The number of thiophene rings is 1. The first-order chi connectivity index (χ1) is 9.38. The molecule has 2 rings (SSSR count). The van der Waals surface area contributed by atoms with Gasteiger partial charge in [-0.3, -0.25) is 0 Å². The van der Waals surface area contributed by atoms with Crippen LogP contribution < -0.4 is 10.0 Å². The van der Waals surface area contributed by atoms with Crippen LogP contribution >= 0.6 is 23.1 Å². The fourth-order valence-electron chi connectivity index (χ4n) is 2.09. The van der Waals surface area contributed by atoms with Gasteiger partial charge in [0.15, 0.2) is 0 Å². The summed E-state index contributed by atoms with van der Waals surface area (Å²) in [4.78, 5) is 2.38. The predicted octanol–water partition coefficient (Wildman–Crippen LogP) is 2.34. The molecule has 20 heavy (non-hydrogen) atoms. The summed E-state index contributed by atoms with van der Waals surface area (Å²) in [6, 6.07) is 2.28. The second kappa shape index (κ2) is 6.79. The standard InChI is InChI=1S/C13H22N2O2S3/c1-9(2)14-7-12-6-13(10(3)19-12)20(16,17)15-11-4-5-18-8-11/h6,9,11,14-15H,4-5,7-8H2,1-3H3. The quantitative estimate of drug-likeness (QED) is 0.838. The van der Waals surface area contributed by atoms with Crippen molar-refractivity contribution in [1.82, 2.24) is 10.0 Å². The number of thioether (sulfide) groups is 1. The summed E-state index contributed by atoms with van der Waals surface area (Å²) in [5, 5.41) is 3.32. The van der Waals surface area contributed by atoms with E-state index in [9.17, 15) is 8.42 Å². The Kier molecular flexibility index (Phi) is 5.53. The van der Waals surface area contributed by atoms with Crippen molar-refractivity contribution >= 4 is 33.1 Å². The molecule has 0 amide bonds. The minimum Gasteiger partial charge on any atom is -0.310 e. The highest BCUT2D eigenvalue weighted by molar-refractivity contribution is 7.99. The molecule has 0 saturated carbocycles. The van der Waals surface area contributed by atoms with Crippen LogP contribution in [0.15, 0.2) is 11.0 Å². The molecule has 0 aromatic carbocycles. The van der Waals surface area contributed by atoms with Gasteiger partial charge in [-0.25, -0.2) is 13.1 Å². The van der Waals surface area contributed by atoms with Crippen molar-refractivity contribution < 1.29 is 8.42 Å². The zero-order valence-corrected chi connectivity index (χ0v) is 14.6. The van der Waals surface area contributed by atoms with Gasteiger partial charge in [-0.2, -0.15) is 11.8 Å². The summed E-state index contributed by atoms with van der Waals surface area (Å²) >= 11 is 3.36. The Bertz CT molecular complexity index is 546. The number of hydrogen-bond donors (Lipinski definition) is 2. The van der Waals surface area contributed by atoms with E-state index < -0.39 is 10.0 Å². The monoisotopic (exact) mass is 334 g/mol. The van der Waals surface area contributed by atoms with Gasteiger partial charge in [0.2, 0.25) is 10.0 Å². The Morgan fingerprint density at radius 3 is 2.80 bits per heavy atom. The van der Waals surface area contributed by atoms with Gasteiger partial charge in [-0.05, 0) is 25.2 Å². The molecular formula is C13H22N2O2S3. The molecule has 7 heteroatoms. The van der Waals surface area contributed by atoms with Gasteiger partial charge >= 0.3 is 0 Å². The molecule has 1 atom stereocenters. The van der Waals surface area contributed by atoms with Crippen molar-refractivity contribution in [1.29, 1.82) is 0 Å². The Hall–Kier alpha value is -0.0800. The highest BCUT2D eigenvalue weighted by atomic mass is 32.2. The molecule has 1 aliphatic heterocycles. The number of hydrogen-bond acceptors (Lipinski definition) is 5. The van der Waals surface area contributed by atoms with Gasteiger partial charge in [0.05, 0.1) is 4.90 Å². The lowest BCUT2D eigenvalue weighted by molar-refractivity contribution is 0.562. The molecule has 2 N–H and O–H groups in total. The molecule has 0 spiro atoms. The van der Waals surface area contributed by atoms with Crippen LogP contribution in [-0.2, 0) is 16.6 Å². The van der Waals surface area contributed by atoms with Crippen molar-refractivity contribution in [2.75, 3.05) is 11.5 Å². The van der Waals surface area contributed by atoms with Crippen molar-refractivity contribution in [3.8, 4) is 0 Å². The third kappa shape index (κ3) is 4.21. The summed E-state index contributed by atoms with van der Waals surface area (Å²) in [7, 11) is -3.37. The Morgan fingerprint density at radius 1 is 1.45 bits per heavy atom. The molecule has 1 aliphatic rings. The molecule has 1 fully saturated rings. The van der Waals surface area contributed by atoms with E-state index in [1.54, 1.807) is 29.2 Å². The minimum atomic E-state index is -3.37. The maximum atomic E-state index is 12.4. The van der Waals surface area contributed by atoms with Crippen LogP contribution in [0, 0.1) is 6.92 Å². The molecule has 4 nitrogen and oxygen atoms in total. The number of sulfonamides is 1. The summed E-state index contributed by atoms with van der Waals surface area (Å²) in [5.74, 6) is 1.92. The molecule has 114 valence electrons. The Morgan fingerprint density at radius 2 is 2.20 bits per heavy atom. The van der Waals surface area contributed by atoms with E-state index in [1.165, 1.54) is 0 Å². The van der Waals surface area contributed by atoms with Crippen LogP contribution in [0.1, 0.15) is 30.0 Å². The van der Waals surface area contributed by atoms with Crippen molar-refractivity contribution in [3.05, 3.63) is 15.8 Å². The van der Waals surface area contributed by atoms with Crippen LogP contribution in [-0.4, -0.2) is 32.0 Å². The average molecular weight is 335 g/mol. The van der Waals surface area contributed by atoms with Crippen LogP contribution in [0.5, 0.6) is 0 Å². The van der Waals surface area contributed by atoms with Gasteiger partial charge in [-0.1, -0.05) is 13.8 Å². The van der Waals surface area contributed by atoms with Crippen molar-refractivity contribution in [2.24, 2.45) is 0 Å². The van der Waals surface area contributed by atoms with Gasteiger partial charge in [-0.15, -0.1) is 11.3 Å². The highest BCUT2D eigenvalue weighted by Gasteiger charge is 2.25. The van der Waals surface area contributed by atoms with E-state index in [0.717, 1.165) is 34.2 Å². The lowest BCUT2D eigenvalue weighted by Gasteiger charge is -2.11. The van der Waals surface area contributed by atoms with E-state index in [2.05, 4.69) is 23.9 Å². The summed E-state index contributed by atoms with van der Waals surface area (Å²) in [5.41, 5.74) is 0. The number of aryl methyl sites for hydroxylation is 1. The normalized spacial score (nSPS) is 19.9. The number of nitrogens with one attached hydrogen (secondary N) is 2. The minimum absolute atomic E-state index is 0.0848. The van der Waals surface area contributed by atoms with Crippen LogP contribution in [0.25, 0.3) is 0 Å². The van der Waals surface area contributed by atoms with E-state index >= 15 is 0 Å². The maximum Gasteiger partial charge on any atom is 0.241 e. The van der Waals surface area contributed by atoms with E-state index in [-0.39, 0.29) is 6.04 Å². The van der Waals surface area contributed by atoms with E-state index in [4.69, 9.17) is 0 Å². The van der Waals surface area contributed by atoms with Gasteiger partial charge in [0, 0.05) is 34.1 Å². The first kappa shape index (κ1) is 16.3. The summed E-state index contributed by atoms with van der Waals surface area (Å²) < 4.78 is 27.7. The van der Waals surface area contributed by atoms with Crippen molar-refractivity contribution in [3.63, 3.8) is 0 Å². The fraction of sp³-hybridized carbons (Fsp3) is 0.692. The third-order valence-electron chi connectivity index (χ3n) is 3.15. The van der Waals surface area contributed by atoms with E-state index in [1.807, 2.05) is 6.92 Å². The molecule has 0 aliphatic carbocycles. The molecule has 2 heterocycles.